The van der Waals surface area contributed by atoms with Gasteiger partial charge in [-0.25, -0.2) is 0 Å². The summed E-state index contributed by atoms with van der Waals surface area (Å²) in [5, 5.41) is 2.88. The zero-order valence-electron chi connectivity index (χ0n) is 18.7. The topological polar surface area (TPSA) is 4.93 Å². The van der Waals surface area contributed by atoms with Crippen LogP contribution in [0.15, 0.2) is 91.0 Å². The fraction of sp³-hybridized carbons (Fsp3) is 0.0909. The lowest BCUT2D eigenvalue weighted by Gasteiger charge is -2.22. The van der Waals surface area contributed by atoms with Gasteiger partial charge in [-0.05, 0) is 75.0 Å². The third-order valence-electron chi connectivity index (χ3n) is 8.42. The standard InChI is InChI=1S/C33H21N/c1-4-10-24-20(8-1)17-28-27(24)18-23-16-21-9-3-6-12-29(21)34-32(23)31(28)26-14-13-22-15-19-7-2-5-11-25(19)30(22)33(26)34/h1-14,18H,15-17H2. The minimum Gasteiger partial charge on any atom is -0.308 e. The van der Waals surface area contributed by atoms with E-state index in [-0.39, 0.29) is 0 Å². The van der Waals surface area contributed by atoms with Crippen LogP contribution in [-0.2, 0) is 19.3 Å². The summed E-state index contributed by atoms with van der Waals surface area (Å²) in [6.07, 6.45) is 3.05. The Morgan fingerprint density at radius 2 is 1.21 bits per heavy atom. The van der Waals surface area contributed by atoms with Crippen molar-refractivity contribution in [1.29, 1.82) is 0 Å². The van der Waals surface area contributed by atoms with E-state index in [0.717, 1.165) is 19.3 Å². The Bertz CT molecular complexity index is 1880. The van der Waals surface area contributed by atoms with Crippen LogP contribution in [0.3, 0.4) is 0 Å². The van der Waals surface area contributed by atoms with Gasteiger partial charge < -0.3 is 4.57 Å². The minimum absolute atomic E-state index is 0.997. The number of aromatic nitrogens is 1. The molecule has 0 N–H and O–H groups in total. The van der Waals surface area contributed by atoms with E-state index in [1.54, 1.807) is 0 Å². The van der Waals surface area contributed by atoms with Crippen LogP contribution in [0.1, 0.15) is 33.4 Å². The van der Waals surface area contributed by atoms with Crippen molar-refractivity contribution in [2.75, 3.05) is 0 Å². The Kier molecular flexibility index (Phi) is 3.00. The summed E-state index contributed by atoms with van der Waals surface area (Å²) in [5.74, 6) is 0. The van der Waals surface area contributed by atoms with Crippen molar-refractivity contribution in [2.45, 2.75) is 19.3 Å². The highest BCUT2D eigenvalue weighted by molar-refractivity contribution is 6.19. The van der Waals surface area contributed by atoms with Gasteiger partial charge in [0.05, 0.1) is 11.0 Å². The van der Waals surface area contributed by atoms with Gasteiger partial charge in [-0.1, -0.05) is 78.9 Å². The van der Waals surface area contributed by atoms with E-state index >= 15 is 0 Å². The van der Waals surface area contributed by atoms with Crippen LogP contribution in [-0.4, -0.2) is 4.57 Å². The predicted molar refractivity (Wildman–Crippen MR) is 140 cm³/mol. The highest BCUT2D eigenvalue weighted by atomic mass is 15.0. The molecule has 1 aromatic heterocycles. The Hall–Kier alpha value is -4.10. The molecule has 1 aliphatic heterocycles. The van der Waals surface area contributed by atoms with Crippen LogP contribution >= 0.6 is 0 Å². The zero-order valence-corrected chi connectivity index (χ0v) is 18.7. The number of nitrogens with zero attached hydrogens (tertiary/aromatic N) is 1. The molecular weight excluding hydrogens is 410 g/mol. The summed E-state index contributed by atoms with van der Waals surface area (Å²) in [5.41, 5.74) is 18.6. The van der Waals surface area contributed by atoms with Gasteiger partial charge in [0.2, 0.25) is 0 Å². The van der Waals surface area contributed by atoms with Crippen LogP contribution < -0.4 is 0 Å². The summed E-state index contributed by atoms with van der Waals surface area (Å²) < 4.78 is 2.61. The first-order valence-corrected chi connectivity index (χ1v) is 12.3. The number of fused-ring (bicyclic) bond motifs is 13. The normalized spacial score (nSPS) is 14.1. The van der Waals surface area contributed by atoms with Gasteiger partial charge in [-0.3, -0.25) is 0 Å². The van der Waals surface area contributed by atoms with Crippen molar-refractivity contribution in [1.82, 2.24) is 4.57 Å². The van der Waals surface area contributed by atoms with Crippen molar-refractivity contribution >= 4 is 21.8 Å². The van der Waals surface area contributed by atoms with E-state index in [1.165, 1.54) is 83.1 Å². The SMILES string of the molecule is c1ccc2c(c1)Cc1c-2cc2c3c1c1ccc4c(c1n3-c1ccccc1C2)-c1ccccc1C4. The van der Waals surface area contributed by atoms with Crippen molar-refractivity contribution in [3.63, 3.8) is 0 Å². The maximum Gasteiger partial charge on any atom is 0.0622 e. The minimum atomic E-state index is 0.997. The Labute approximate surface area is 197 Å². The fourth-order valence-electron chi connectivity index (χ4n) is 7.07. The van der Waals surface area contributed by atoms with Gasteiger partial charge in [0.15, 0.2) is 0 Å². The molecule has 2 aliphatic carbocycles. The molecule has 0 atom stereocenters. The van der Waals surface area contributed by atoms with Crippen LogP contribution in [0.5, 0.6) is 0 Å². The molecule has 1 heteroatoms. The molecule has 0 amide bonds. The zero-order chi connectivity index (χ0) is 22.0. The number of hydrogen-bond donors (Lipinski definition) is 0. The van der Waals surface area contributed by atoms with Gasteiger partial charge in [0.25, 0.3) is 0 Å². The lowest BCUT2D eigenvalue weighted by atomic mass is 9.92. The van der Waals surface area contributed by atoms with Gasteiger partial charge in [-0.15, -0.1) is 0 Å². The van der Waals surface area contributed by atoms with Crippen molar-refractivity contribution in [2.24, 2.45) is 0 Å². The summed E-state index contributed by atoms with van der Waals surface area (Å²) in [6, 6.07) is 34.3. The van der Waals surface area contributed by atoms with Gasteiger partial charge in [-0.2, -0.15) is 0 Å². The second-order valence-electron chi connectivity index (χ2n) is 10.1. The van der Waals surface area contributed by atoms with Crippen LogP contribution in [0, 0.1) is 0 Å². The van der Waals surface area contributed by atoms with Gasteiger partial charge >= 0.3 is 0 Å². The molecule has 158 valence electrons. The fourth-order valence-corrected chi connectivity index (χ4v) is 7.07. The highest BCUT2D eigenvalue weighted by Gasteiger charge is 2.32. The molecule has 6 aromatic rings. The largest absolute Gasteiger partial charge is 0.308 e. The molecule has 2 heterocycles. The lowest BCUT2D eigenvalue weighted by molar-refractivity contribution is 1.04. The Balaban J connectivity index is 1.53. The number of hydrogen-bond acceptors (Lipinski definition) is 0. The quantitative estimate of drug-likeness (QED) is 0.231. The van der Waals surface area contributed by atoms with Gasteiger partial charge in [0.1, 0.15) is 0 Å². The summed E-state index contributed by atoms with van der Waals surface area (Å²) in [4.78, 5) is 0. The highest BCUT2D eigenvalue weighted by Crippen LogP contribution is 2.51. The van der Waals surface area contributed by atoms with Crippen molar-refractivity contribution in [3.8, 4) is 27.9 Å². The van der Waals surface area contributed by atoms with Crippen molar-refractivity contribution < 1.29 is 0 Å². The number of benzene rings is 5. The maximum atomic E-state index is 2.61. The lowest BCUT2D eigenvalue weighted by Crippen LogP contribution is -2.08. The first-order chi connectivity index (χ1) is 16.9. The van der Waals surface area contributed by atoms with E-state index < -0.39 is 0 Å². The predicted octanol–water partition coefficient (Wildman–Crippen LogP) is 7.83. The number of para-hydroxylation sites is 1. The Morgan fingerprint density at radius 3 is 2.09 bits per heavy atom. The molecule has 34 heavy (non-hydrogen) atoms. The summed E-state index contributed by atoms with van der Waals surface area (Å²) in [7, 11) is 0. The molecule has 0 saturated carbocycles. The first kappa shape index (κ1) is 17.4. The van der Waals surface area contributed by atoms with E-state index in [4.69, 9.17) is 0 Å². The third kappa shape index (κ3) is 1.94. The molecule has 0 bridgehead atoms. The smallest absolute Gasteiger partial charge is 0.0622 e. The molecule has 0 spiro atoms. The van der Waals surface area contributed by atoms with E-state index in [0.29, 0.717) is 0 Å². The average Bonchev–Trinajstić information content (AvgIpc) is 3.54. The van der Waals surface area contributed by atoms with E-state index in [1.807, 2.05) is 0 Å². The molecule has 0 saturated heterocycles. The second kappa shape index (κ2) is 5.87. The molecule has 3 aliphatic rings. The first-order valence-electron chi connectivity index (χ1n) is 12.3. The number of rotatable bonds is 0. The van der Waals surface area contributed by atoms with Crippen LogP contribution in [0.2, 0.25) is 0 Å². The molecule has 9 rings (SSSR count). The monoisotopic (exact) mass is 431 g/mol. The molecule has 0 fully saturated rings. The van der Waals surface area contributed by atoms with E-state index in [9.17, 15) is 0 Å². The average molecular weight is 432 g/mol. The third-order valence-corrected chi connectivity index (χ3v) is 8.42. The molecule has 0 radical (unpaired) electrons. The van der Waals surface area contributed by atoms with Crippen molar-refractivity contribution in [3.05, 3.63) is 124 Å². The second-order valence-corrected chi connectivity index (χ2v) is 10.1. The Morgan fingerprint density at radius 1 is 0.500 bits per heavy atom. The molecule has 0 unspecified atom stereocenters. The molecule has 1 nitrogen and oxygen atoms in total. The molecule has 5 aromatic carbocycles. The van der Waals surface area contributed by atoms with Crippen LogP contribution in [0.25, 0.3) is 49.7 Å². The summed E-state index contributed by atoms with van der Waals surface area (Å²) >= 11 is 0. The molecular formula is C33H21N. The van der Waals surface area contributed by atoms with E-state index in [2.05, 4.69) is 95.6 Å². The summed E-state index contributed by atoms with van der Waals surface area (Å²) in [6.45, 7) is 0. The van der Waals surface area contributed by atoms with Gasteiger partial charge in [0, 0.05) is 28.4 Å². The van der Waals surface area contributed by atoms with Crippen LogP contribution in [0.4, 0.5) is 0 Å². The maximum absolute atomic E-state index is 2.61.